The first kappa shape index (κ1) is 19.8. The standard InChI is InChI=1S/C21H25N3O4/c1-13(2)22-21(27)24-18(25)12-28-20(26)19-14-8-4-3-5-10-16(14)23-17-11-7-6-9-15(17)19/h6-7,9,11,13H,3-5,8,10,12H2,1-2H3,(H2,22,24,25,27). The minimum atomic E-state index is -0.670. The predicted octanol–water partition coefficient (Wildman–Crippen LogP) is 2.89. The summed E-state index contributed by atoms with van der Waals surface area (Å²) in [4.78, 5) is 41.1. The molecular formula is C21H25N3O4. The average Bonchev–Trinajstić information content (AvgIpc) is 2.88. The third-order valence-corrected chi connectivity index (χ3v) is 4.63. The smallest absolute Gasteiger partial charge is 0.339 e. The zero-order valence-corrected chi connectivity index (χ0v) is 16.2. The summed E-state index contributed by atoms with van der Waals surface area (Å²) in [7, 11) is 0. The SMILES string of the molecule is CC(C)NC(=O)NC(=O)COC(=O)c1c2c(nc3ccccc13)CCCCC2. The Morgan fingerprint density at radius 3 is 2.64 bits per heavy atom. The summed E-state index contributed by atoms with van der Waals surface area (Å²) in [5, 5.41) is 5.42. The number of aromatic nitrogens is 1. The third kappa shape index (κ3) is 4.65. The maximum absolute atomic E-state index is 12.9. The number of rotatable bonds is 4. The van der Waals surface area contributed by atoms with E-state index in [0.29, 0.717) is 5.56 Å². The van der Waals surface area contributed by atoms with Crippen LogP contribution >= 0.6 is 0 Å². The number of urea groups is 1. The van der Waals surface area contributed by atoms with Crippen LogP contribution in [0.25, 0.3) is 10.9 Å². The number of nitrogens with one attached hydrogen (secondary N) is 2. The van der Waals surface area contributed by atoms with Crippen LogP contribution in [0.2, 0.25) is 0 Å². The van der Waals surface area contributed by atoms with Gasteiger partial charge in [-0.15, -0.1) is 0 Å². The highest BCUT2D eigenvalue weighted by Crippen LogP contribution is 2.29. The fourth-order valence-corrected chi connectivity index (χ4v) is 3.45. The lowest BCUT2D eigenvalue weighted by Gasteiger charge is -2.15. The molecule has 0 radical (unpaired) electrons. The Kier molecular flexibility index (Phi) is 6.23. The molecule has 1 aromatic carbocycles. The van der Waals surface area contributed by atoms with E-state index < -0.39 is 24.5 Å². The van der Waals surface area contributed by atoms with Gasteiger partial charge in [0.05, 0.1) is 11.1 Å². The average molecular weight is 383 g/mol. The number of esters is 1. The lowest BCUT2D eigenvalue weighted by molar-refractivity contribution is -0.123. The van der Waals surface area contributed by atoms with Gasteiger partial charge < -0.3 is 10.1 Å². The van der Waals surface area contributed by atoms with E-state index in [0.717, 1.165) is 54.3 Å². The Morgan fingerprint density at radius 1 is 1.11 bits per heavy atom. The summed E-state index contributed by atoms with van der Waals surface area (Å²) in [6.07, 6.45) is 4.72. The van der Waals surface area contributed by atoms with Gasteiger partial charge in [0.2, 0.25) is 0 Å². The van der Waals surface area contributed by atoms with E-state index in [4.69, 9.17) is 9.72 Å². The van der Waals surface area contributed by atoms with Crippen LogP contribution in [-0.4, -0.2) is 35.5 Å². The molecule has 3 amide bonds. The van der Waals surface area contributed by atoms with Gasteiger partial charge in [-0.05, 0) is 51.2 Å². The van der Waals surface area contributed by atoms with Crippen LogP contribution in [0.5, 0.6) is 0 Å². The highest BCUT2D eigenvalue weighted by Gasteiger charge is 2.23. The van der Waals surface area contributed by atoms with E-state index in [-0.39, 0.29) is 6.04 Å². The Hall–Kier alpha value is -2.96. The van der Waals surface area contributed by atoms with Gasteiger partial charge in [0.1, 0.15) is 0 Å². The van der Waals surface area contributed by atoms with Crippen LogP contribution < -0.4 is 10.6 Å². The van der Waals surface area contributed by atoms with Crippen LogP contribution in [0, 0.1) is 0 Å². The molecule has 1 aliphatic rings. The van der Waals surface area contributed by atoms with Gasteiger partial charge in [-0.3, -0.25) is 15.1 Å². The van der Waals surface area contributed by atoms with Crippen molar-refractivity contribution in [3.8, 4) is 0 Å². The molecule has 0 fully saturated rings. The molecular weight excluding hydrogens is 358 g/mol. The number of pyridine rings is 1. The van der Waals surface area contributed by atoms with Crippen molar-refractivity contribution >= 4 is 28.8 Å². The summed E-state index contributed by atoms with van der Waals surface area (Å²) in [5.41, 5.74) is 3.08. The van der Waals surface area contributed by atoms with Gasteiger partial charge in [0.15, 0.2) is 6.61 Å². The van der Waals surface area contributed by atoms with Crippen LogP contribution in [-0.2, 0) is 22.4 Å². The van der Waals surface area contributed by atoms with E-state index in [1.54, 1.807) is 13.8 Å². The number of fused-ring (bicyclic) bond motifs is 2. The van der Waals surface area contributed by atoms with Gasteiger partial charge in [-0.1, -0.05) is 24.6 Å². The topological polar surface area (TPSA) is 97.4 Å². The second kappa shape index (κ2) is 8.82. The fourth-order valence-electron chi connectivity index (χ4n) is 3.45. The molecule has 0 unspecified atom stereocenters. The largest absolute Gasteiger partial charge is 0.452 e. The Labute approximate surface area is 163 Å². The van der Waals surface area contributed by atoms with Crippen LogP contribution in [0.3, 0.4) is 0 Å². The number of amides is 3. The highest BCUT2D eigenvalue weighted by molar-refractivity contribution is 6.06. The molecule has 2 aromatic rings. The molecule has 3 rings (SSSR count). The quantitative estimate of drug-likeness (QED) is 0.625. The van der Waals surface area contributed by atoms with Gasteiger partial charge in [-0.2, -0.15) is 0 Å². The van der Waals surface area contributed by atoms with E-state index in [9.17, 15) is 14.4 Å². The first-order chi connectivity index (χ1) is 13.5. The van der Waals surface area contributed by atoms with Crippen molar-refractivity contribution in [1.29, 1.82) is 0 Å². The molecule has 1 aliphatic carbocycles. The first-order valence-corrected chi connectivity index (χ1v) is 9.63. The normalized spacial score (nSPS) is 13.5. The molecule has 0 saturated heterocycles. The van der Waals surface area contributed by atoms with Gasteiger partial charge in [-0.25, -0.2) is 9.59 Å². The maximum atomic E-state index is 12.9. The number of nitrogens with zero attached hydrogens (tertiary/aromatic N) is 1. The molecule has 7 heteroatoms. The van der Waals surface area contributed by atoms with Crippen LogP contribution in [0.4, 0.5) is 4.79 Å². The van der Waals surface area contributed by atoms with Crippen LogP contribution in [0.1, 0.15) is 54.7 Å². The number of imide groups is 1. The monoisotopic (exact) mass is 383 g/mol. The summed E-state index contributed by atoms with van der Waals surface area (Å²) in [5.74, 6) is -1.23. The fraction of sp³-hybridized carbons (Fsp3) is 0.429. The van der Waals surface area contributed by atoms with E-state index in [1.807, 2.05) is 24.3 Å². The predicted molar refractivity (Wildman–Crippen MR) is 105 cm³/mol. The summed E-state index contributed by atoms with van der Waals surface area (Å²) in [6, 6.07) is 6.75. The number of carbonyl (C=O) groups is 3. The molecule has 0 spiro atoms. The van der Waals surface area contributed by atoms with Crippen molar-refractivity contribution in [2.75, 3.05) is 6.61 Å². The molecule has 1 heterocycles. The zero-order chi connectivity index (χ0) is 20.1. The molecule has 0 atom stereocenters. The number of benzene rings is 1. The maximum Gasteiger partial charge on any atom is 0.339 e. The Balaban J connectivity index is 1.80. The third-order valence-electron chi connectivity index (χ3n) is 4.63. The lowest BCUT2D eigenvalue weighted by atomic mass is 9.97. The Morgan fingerprint density at radius 2 is 1.86 bits per heavy atom. The lowest BCUT2D eigenvalue weighted by Crippen LogP contribution is -2.44. The van der Waals surface area contributed by atoms with Crippen molar-refractivity contribution in [1.82, 2.24) is 15.6 Å². The minimum absolute atomic E-state index is 0.103. The number of carbonyl (C=O) groups excluding carboxylic acids is 3. The van der Waals surface area contributed by atoms with Crippen LogP contribution in [0.15, 0.2) is 24.3 Å². The Bertz CT molecular complexity index is 908. The van der Waals surface area contributed by atoms with E-state index >= 15 is 0 Å². The molecule has 0 saturated carbocycles. The molecule has 0 aliphatic heterocycles. The van der Waals surface area contributed by atoms with Crippen molar-refractivity contribution in [3.63, 3.8) is 0 Å². The van der Waals surface area contributed by atoms with E-state index in [2.05, 4.69) is 10.6 Å². The van der Waals surface area contributed by atoms with Crippen molar-refractivity contribution in [3.05, 3.63) is 41.1 Å². The van der Waals surface area contributed by atoms with Crippen molar-refractivity contribution < 1.29 is 19.1 Å². The molecule has 148 valence electrons. The molecule has 0 bridgehead atoms. The zero-order valence-electron chi connectivity index (χ0n) is 16.2. The number of hydrogen-bond acceptors (Lipinski definition) is 5. The summed E-state index contributed by atoms with van der Waals surface area (Å²) in [6.45, 7) is 3.05. The van der Waals surface area contributed by atoms with Crippen molar-refractivity contribution in [2.45, 2.75) is 52.0 Å². The van der Waals surface area contributed by atoms with Gasteiger partial charge in [0, 0.05) is 17.1 Å². The molecule has 1 aromatic heterocycles. The van der Waals surface area contributed by atoms with Gasteiger partial charge in [0.25, 0.3) is 5.91 Å². The highest BCUT2D eigenvalue weighted by atomic mass is 16.5. The second-order valence-corrected chi connectivity index (χ2v) is 7.24. The molecule has 7 nitrogen and oxygen atoms in total. The summed E-state index contributed by atoms with van der Waals surface area (Å²) >= 11 is 0. The van der Waals surface area contributed by atoms with Crippen molar-refractivity contribution in [2.24, 2.45) is 0 Å². The molecule has 2 N–H and O–H groups in total. The number of hydrogen-bond donors (Lipinski definition) is 2. The first-order valence-electron chi connectivity index (χ1n) is 9.63. The van der Waals surface area contributed by atoms with Gasteiger partial charge >= 0.3 is 12.0 Å². The van der Waals surface area contributed by atoms with E-state index in [1.165, 1.54) is 0 Å². The second-order valence-electron chi connectivity index (χ2n) is 7.24. The number of para-hydroxylation sites is 1. The number of aryl methyl sites for hydroxylation is 1. The summed E-state index contributed by atoms with van der Waals surface area (Å²) < 4.78 is 5.25. The molecule has 28 heavy (non-hydrogen) atoms. The minimum Gasteiger partial charge on any atom is -0.452 e. The number of ether oxygens (including phenoxy) is 1.